The third kappa shape index (κ3) is 5.85. The van der Waals surface area contributed by atoms with Gasteiger partial charge in [0.2, 0.25) is 0 Å². The van der Waals surface area contributed by atoms with Crippen LogP contribution in [0.2, 0.25) is 0 Å². The molecule has 2 radical (unpaired) electrons. The Morgan fingerprint density at radius 1 is 0.600 bits per heavy atom. The van der Waals surface area contributed by atoms with Gasteiger partial charge in [-0.15, -0.1) is 0 Å². The van der Waals surface area contributed by atoms with Gasteiger partial charge in [-0.2, -0.15) is 0 Å². The molecule has 0 aliphatic carbocycles. The Morgan fingerprint density at radius 3 is 1.70 bits per heavy atom. The van der Waals surface area contributed by atoms with Crippen molar-refractivity contribution in [3.63, 3.8) is 0 Å². The van der Waals surface area contributed by atoms with Gasteiger partial charge in [0.1, 0.15) is 11.5 Å². The fourth-order valence-corrected chi connectivity index (χ4v) is 1.55. The maximum absolute atomic E-state index is 9.32. The van der Waals surface area contributed by atoms with Crippen LogP contribution in [0.5, 0.6) is 23.0 Å². The minimum atomic E-state index is -0.198. The second-order valence-electron chi connectivity index (χ2n) is 3.86. The molecule has 2 aromatic carbocycles. The Kier molecular flexibility index (Phi) is 9.24. The number of hydrogen-bond donors (Lipinski definition) is 4. The van der Waals surface area contributed by atoms with Crippen LogP contribution in [0, 0.1) is 82.6 Å². The average molecular weight is 526 g/mol. The van der Waals surface area contributed by atoms with Gasteiger partial charge in [0.15, 0.2) is 11.5 Å². The van der Waals surface area contributed by atoms with Gasteiger partial charge >= 0.3 is 0 Å². The zero-order valence-electron chi connectivity index (χ0n) is 10.6. The van der Waals surface area contributed by atoms with Crippen LogP contribution in [-0.4, -0.2) is 20.4 Å². The first-order valence-corrected chi connectivity index (χ1v) is 5.28. The van der Waals surface area contributed by atoms with E-state index in [9.17, 15) is 15.3 Å². The maximum Gasteiger partial charge on any atom is 0.157 e. The summed E-state index contributed by atoms with van der Waals surface area (Å²) in [5, 5.41) is 37.1. The Labute approximate surface area is 183 Å². The van der Waals surface area contributed by atoms with E-state index in [4.69, 9.17) is 5.11 Å². The first-order chi connectivity index (χ1) is 8.54. The second-order valence-corrected chi connectivity index (χ2v) is 3.86. The van der Waals surface area contributed by atoms with E-state index in [1.165, 1.54) is 30.3 Å². The zero-order chi connectivity index (χ0) is 13.1. The molecule has 20 heavy (non-hydrogen) atoms. The Bertz CT molecular complexity index is 592. The third-order valence-electron chi connectivity index (χ3n) is 2.39. The van der Waals surface area contributed by atoms with Gasteiger partial charge in [0.25, 0.3) is 0 Å². The molecule has 4 nitrogen and oxygen atoms in total. The standard InChI is InChI=1S/C14H12O4.2Pr/c15-11-5-10(6-12(16)8-11)2-1-9-3-4-13(17)14(18)7-9;;/h1-8,15-18H;;/b2-1+;;. The first kappa shape index (κ1) is 20.1. The van der Waals surface area contributed by atoms with Crippen molar-refractivity contribution in [2.45, 2.75) is 0 Å². The van der Waals surface area contributed by atoms with Gasteiger partial charge in [-0.1, -0.05) is 18.2 Å². The molecule has 0 bridgehead atoms. The smallest absolute Gasteiger partial charge is 0.157 e. The van der Waals surface area contributed by atoms with Crippen molar-refractivity contribution in [1.29, 1.82) is 0 Å². The Morgan fingerprint density at radius 2 is 1.15 bits per heavy atom. The molecule has 2 rings (SSSR count). The first-order valence-electron chi connectivity index (χ1n) is 5.28. The predicted molar refractivity (Wildman–Crippen MR) is 68.5 cm³/mol. The van der Waals surface area contributed by atoms with Crippen molar-refractivity contribution >= 4 is 12.2 Å². The van der Waals surface area contributed by atoms with E-state index in [1.54, 1.807) is 18.2 Å². The summed E-state index contributed by atoms with van der Waals surface area (Å²) in [5.41, 5.74) is 1.31. The Balaban J connectivity index is 0.00000180. The molecule has 0 amide bonds. The summed E-state index contributed by atoms with van der Waals surface area (Å²) in [6, 6.07) is 8.66. The van der Waals surface area contributed by atoms with Crippen molar-refractivity contribution in [3.05, 3.63) is 47.5 Å². The van der Waals surface area contributed by atoms with Crippen molar-refractivity contribution in [2.24, 2.45) is 0 Å². The number of rotatable bonds is 2. The van der Waals surface area contributed by atoms with Crippen LogP contribution in [0.4, 0.5) is 0 Å². The maximum atomic E-state index is 9.32. The van der Waals surface area contributed by atoms with Crippen LogP contribution >= 0.6 is 0 Å². The number of hydrogen-bond acceptors (Lipinski definition) is 4. The molecule has 0 fully saturated rings. The van der Waals surface area contributed by atoms with Gasteiger partial charge in [-0.3, -0.25) is 0 Å². The van der Waals surface area contributed by atoms with E-state index in [-0.39, 0.29) is 106 Å². The summed E-state index contributed by atoms with van der Waals surface area (Å²) in [6.45, 7) is 0. The van der Waals surface area contributed by atoms with Crippen molar-refractivity contribution in [1.82, 2.24) is 0 Å². The molecular weight excluding hydrogens is 514 g/mol. The molecular formula is C14H12O4Pr2. The summed E-state index contributed by atoms with van der Waals surface area (Å²) in [7, 11) is 0. The molecule has 0 saturated heterocycles. The van der Waals surface area contributed by atoms with Crippen molar-refractivity contribution < 1.29 is 103 Å². The van der Waals surface area contributed by atoms with E-state index in [2.05, 4.69) is 0 Å². The fourth-order valence-electron chi connectivity index (χ4n) is 1.55. The topological polar surface area (TPSA) is 80.9 Å². The van der Waals surface area contributed by atoms with Crippen LogP contribution < -0.4 is 0 Å². The Hall–Kier alpha value is 0.107. The number of phenols is 4. The molecule has 4 N–H and O–H groups in total. The monoisotopic (exact) mass is 526 g/mol. The van der Waals surface area contributed by atoms with Crippen LogP contribution in [0.3, 0.4) is 0 Å². The van der Waals surface area contributed by atoms with Crippen LogP contribution in [-0.2, 0) is 0 Å². The van der Waals surface area contributed by atoms with Gasteiger partial charge in [-0.05, 0) is 35.4 Å². The van der Waals surface area contributed by atoms with E-state index in [0.29, 0.717) is 11.1 Å². The molecule has 0 spiro atoms. The number of phenolic OH excluding ortho intramolecular Hbond substituents is 4. The fraction of sp³-hybridized carbons (Fsp3) is 0. The molecule has 0 saturated carbocycles. The molecule has 6 heteroatoms. The third-order valence-corrected chi connectivity index (χ3v) is 2.39. The summed E-state index contributed by atoms with van der Waals surface area (Å²) in [4.78, 5) is 0. The van der Waals surface area contributed by atoms with Crippen molar-refractivity contribution in [2.75, 3.05) is 0 Å². The van der Waals surface area contributed by atoms with Gasteiger partial charge in [0, 0.05) is 88.6 Å². The van der Waals surface area contributed by atoms with Crippen LogP contribution in [0.25, 0.3) is 12.2 Å². The average Bonchev–Trinajstić information content (AvgIpc) is 2.29. The quantitative estimate of drug-likeness (QED) is 0.359. The molecule has 0 aromatic heterocycles. The van der Waals surface area contributed by atoms with Crippen LogP contribution in [0.15, 0.2) is 36.4 Å². The van der Waals surface area contributed by atoms with E-state index < -0.39 is 0 Å². The number of aromatic hydroxyl groups is 4. The molecule has 0 aliphatic rings. The molecule has 2 aromatic rings. The van der Waals surface area contributed by atoms with Gasteiger partial charge in [-0.25, -0.2) is 0 Å². The molecule has 0 aliphatic heterocycles. The number of benzene rings is 2. The zero-order valence-corrected chi connectivity index (χ0v) is 18.0. The minimum absolute atomic E-state index is 0. The summed E-state index contributed by atoms with van der Waals surface area (Å²) in [6.07, 6.45) is 3.36. The normalized spacial score (nSPS) is 9.80. The predicted octanol–water partition coefficient (Wildman–Crippen LogP) is 2.68. The second kappa shape index (κ2) is 9.19. The molecule has 0 unspecified atom stereocenters. The SMILES string of the molecule is Oc1cc(O)cc(/C=C/c2ccc(O)c(O)c2)c1.[Pr].[Pr]. The van der Waals surface area contributed by atoms with E-state index in [1.807, 2.05) is 0 Å². The summed E-state index contributed by atoms with van der Waals surface area (Å²) in [5.74, 6) is -0.426. The summed E-state index contributed by atoms with van der Waals surface area (Å²) < 4.78 is 0. The van der Waals surface area contributed by atoms with Crippen LogP contribution in [0.1, 0.15) is 11.1 Å². The van der Waals surface area contributed by atoms with Gasteiger partial charge in [0.05, 0.1) is 0 Å². The van der Waals surface area contributed by atoms with Gasteiger partial charge < -0.3 is 20.4 Å². The molecule has 98 valence electrons. The largest absolute Gasteiger partial charge is 0.508 e. The summed E-state index contributed by atoms with van der Waals surface area (Å²) >= 11 is 0. The van der Waals surface area contributed by atoms with Crippen molar-refractivity contribution in [3.8, 4) is 23.0 Å². The molecule has 0 atom stereocenters. The van der Waals surface area contributed by atoms with E-state index in [0.717, 1.165) is 0 Å². The minimum Gasteiger partial charge on any atom is -0.508 e. The van der Waals surface area contributed by atoms with E-state index >= 15 is 0 Å². The molecule has 0 heterocycles.